The molecule has 1 aliphatic rings. The Kier molecular flexibility index (Phi) is 5.31. The highest BCUT2D eigenvalue weighted by atomic mass is 16.6. The van der Waals surface area contributed by atoms with Crippen molar-refractivity contribution in [3.05, 3.63) is 62.7 Å². The molecule has 1 aliphatic carbocycles. The molecule has 1 amide bonds. The summed E-state index contributed by atoms with van der Waals surface area (Å²) in [7, 11) is 0. The van der Waals surface area contributed by atoms with Gasteiger partial charge in [-0.05, 0) is 39.0 Å². The molecule has 0 saturated carbocycles. The fraction of sp³-hybridized carbons (Fsp3) is 0.250. The largest absolute Gasteiger partial charge is 0.450 e. The minimum atomic E-state index is -0.798. The summed E-state index contributed by atoms with van der Waals surface area (Å²) < 4.78 is 4.86. The lowest BCUT2D eigenvalue weighted by Gasteiger charge is -2.24. The normalized spacial score (nSPS) is 12.3. The third-order valence-corrected chi connectivity index (χ3v) is 4.33. The van der Waals surface area contributed by atoms with Crippen LogP contribution >= 0.6 is 0 Å². The molecule has 2 aromatic carbocycles. The molecule has 0 aromatic heterocycles. The number of rotatable bonds is 5. The maximum absolute atomic E-state index is 13.3. The van der Waals surface area contributed by atoms with Crippen LogP contribution in [0.2, 0.25) is 0 Å². The molecule has 3 rings (SSSR count). The van der Waals surface area contributed by atoms with Crippen LogP contribution in [-0.2, 0) is 4.74 Å². The molecule has 0 spiro atoms. The van der Waals surface area contributed by atoms with E-state index >= 15 is 0 Å². The SMILES string of the molecule is CCOC(=O)Nc1ccc(NC(C)C)c2c1C(=O)c1c(cccc1[N+](=O)[O-])C2=O. The Morgan fingerprint density at radius 2 is 1.72 bits per heavy atom. The van der Waals surface area contributed by atoms with Gasteiger partial charge >= 0.3 is 6.09 Å². The number of carbonyl (C=O) groups excluding carboxylic acids is 3. The second-order valence-corrected chi connectivity index (χ2v) is 6.67. The van der Waals surface area contributed by atoms with Crippen molar-refractivity contribution in [2.45, 2.75) is 26.8 Å². The van der Waals surface area contributed by atoms with Gasteiger partial charge in [0.05, 0.1) is 28.3 Å². The van der Waals surface area contributed by atoms with Crippen molar-refractivity contribution >= 4 is 34.7 Å². The highest BCUT2D eigenvalue weighted by Gasteiger charge is 2.39. The molecule has 0 atom stereocenters. The number of hydrogen-bond acceptors (Lipinski definition) is 7. The van der Waals surface area contributed by atoms with E-state index in [9.17, 15) is 24.5 Å². The number of nitro groups is 1. The van der Waals surface area contributed by atoms with Crippen LogP contribution in [0.15, 0.2) is 30.3 Å². The second-order valence-electron chi connectivity index (χ2n) is 6.67. The minimum absolute atomic E-state index is 0.0441. The van der Waals surface area contributed by atoms with Crippen LogP contribution in [0.1, 0.15) is 52.6 Å². The molecule has 0 fully saturated rings. The van der Waals surface area contributed by atoms with Gasteiger partial charge < -0.3 is 10.1 Å². The number of nitro benzene ring substituents is 1. The quantitative estimate of drug-likeness (QED) is 0.495. The number of carbonyl (C=O) groups is 3. The number of nitrogens with one attached hydrogen (secondary N) is 2. The molecule has 0 bridgehead atoms. The molecular weight excluding hydrogens is 378 g/mol. The molecule has 29 heavy (non-hydrogen) atoms. The van der Waals surface area contributed by atoms with Gasteiger partial charge in [-0.15, -0.1) is 0 Å². The van der Waals surface area contributed by atoms with Gasteiger partial charge in [-0.2, -0.15) is 0 Å². The van der Waals surface area contributed by atoms with Crippen molar-refractivity contribution in [2.75, 3.05) is 17.2 Å². The van der Waals surface area contributed by atoms with E-state index in [0.29, 0.717) is 5.69 Å². The molecule has 2 N–H and O–H groups in total. The predicted octanol–water partition coefficient (Wildman–Crippen LogP) is 3.76. The lowest BCUT2D eigenvalue weighted by molar-refractivity contribution is -0.385. The Hall–Kier alpha value is -3.75. The zero-order valence-electron chi connectivity index (χ0n) is 16.1. The maximum atomic E-state index is 13.3. The Labute approximate surface area is 166 Å². The fourth-order valence-corrected chi connectivity index (χ4v) is 3.27. The number of fused-ring (bicyclic) bond motifs is 2. The summed E-state index contributed by atoms with van der Waals surface area (Å²) in [5.74, 6) is -1.24. The van der Waals surface area contributed by atoms with E-state index in [-0.39, 0.29) is 40.6 Å². The molecule has 9 nitrogen and oxygen atoms in total. The van der Waals surface area contributed by atoms with Gasteiger partial charge in [-0.1, -0.05) is 6.07 Å². The van der Waals surface area contributed by atoms with Crippen molar-refractivity contribution in [1.29, 1.82) is 0 Å². The van der Waals surface area contributed by atoms with E-state index in [1.165, 1.54) is 24.3 Å². The van der Waals surface area contributed by atoms with Crippen LogP contribution in [0.3, 0.4) is 0 Å². The fourth-order valence-electron chi connectivity index (χ4n) is 3.27. The highest BCUT2D eigenvalue weighted by molar-refractivity contribution is 6.33. The van der Waals surface area contributed by atoms with E-state index in [2.05, 4.69) is 10.6 Å². The van der Waals surface area contributed by atoms with Gasteiger partial charge in [-0.3, -0.25) is 25.0 Å². The summed E-state index contributed by atoms with van der Waals surface area (Å²) in [5.41, 5.74) is -0.382. The van der Waals surface area contributed by atoms with E-state index in [4.69, 9.17) is 4.74 Å². The van der Waals surface area contributed by atoms with E-state index < -0.39 is 28.3 Å². The molecule has 0 saturated heterocycles. The van der Waals surface area contributed by atoms with Crippen molar-refractivity contribution in [3.63, 3.8) is 0 Å². The molecule has 0 unspecified atom stereocenters. The van der Waals surface area contributed by atoms with Gasteiger partial charge in [-0.25, -0.2) is 4.79 Å². The standard InChI is InChI=1S/C20H19N3O6/c1-4-29-20(26)22-13-9-8-12(21-10(2)3)16-17(13)19(25)15-11(18(16)24)6-5-7-14(15)23(27)28/h5-10,21H,4H2,1-3H3,(H,22,26). The van der Waals surface area contributed by atoms with Gasteiger partial charge in [0.15, 0.2) is 5.78 Å². The third kappa shape index (κ3) is 3.54. The van der Waals surface area contributed by atoms with Crippen LogP contribution in [-0.4, -0.2) is 35.2 Å². The number of nitrogens with zero attached hydrogens (tertiary/aromatic N) is 1. The number of ether oxygens (including phenoxy) is 1. The average Bonchev–Trinajstić information content (AvgIpc) is 2.66. The van der Waals surface area contributed by atoms with Gasteiger partial charge in [0.2, 0.25) is 5.78 Å². The zero-order valence-corrected chi connectivity index (χ0v) is 16.1. The topological polar surface area (TPSA) is 128 Å². The van der Waals surface area contributed by atoms with Crippen molar-refractivity contribution < 1.29 is 24.0 Å². The third-order valence-electron chi connectivity index (χ3n) is 4.33. The Morgan fingerprint density at radius 1 is 1.07 bits per heavy atom. The first kappa shape index (κ1) is 20.0. The number of hydrogen-bond donors (Lipinski definition) is 2. The van der Waals surface area contributed by atoms with Crippen molar-refractivity contribution in [2.24, 2.45) is 0 Å². The van der Waals surface area contributed by atoms with Crippen LogP contribution in [0, 0.1) is 10.1 Å². The Bertz CT molecular complexity index is 1040. The van der Waals surface area contributed by atoms with Crippen LogP contribution in [0.4, 0.5) is 21.9 Å². The molecule has 150 valence electrons. The summed E-state index contributed by atoms with van der Waals surface area (Å²) in [5, 5.41) is 17.0. The number of benzene rings is 2. The van der Waals surface area contributed by atoms with Gasteiger partial charge in [0.1, 0.15) is 5.56 Å². The monoisotopic (exact) mass is 397 g/mol. The van der Waals surface area contributed by atoms with Crippen molar-refractivity contribution in [1.82, 2.24) is 0 Å². The molecule has 0 aliphatic heterocycles. The average molecular weight is 397 g/mol. The number of anilines is 2. The number of ketones is 2. The van der Waals surface area contributed by atoms with Crippen LogP contribution < -0.4 is 10.6 Å². The summed E-state index contributed by atoms with van der Waals surface area (Å²) in [4.78, 5) is 49.2. The van der Waals surface area contributed by atoms with E-state index in [0.717, 1.165) is 0 Å². The Balaban J connectivity index is 2.27. The smallest absolute Gasteiger partial charge is 0.411 e. The van der Waals surface area contributed by atoms with Crippen LogP contribution in [0.5, 0.6) is 0 Å². The lowest BCUT2D eigenvalue weighted by atomic mass is 9.81. The summed E-state index contributed by atoms with van der Waals surface area (Å²) in [6, 6.07) is 6.92. The van der Waals surface area contributed by atoms with Crippen molar-refractivity contribution in [3.8, 4) is 0 Å². The predicted molar refractivity (Wildman–Crippen MR) is 106 cm³/mol. The van der Waals surface area contributed by atoms with E-state index in [1.54, 1.807) is 13.0 Å². The first-order valence-corrected chi connectivity index (χ1v) is 9.00. The second kappa shape index (κ2) is 7.70. The van der Waals surface area contributed by atoms with Gasteiger partial charge in [0.25, 0.3) is 5.69 Å². The minimum Gasteiger partial charge on any atom is -0.450 e. The van der Waals surface area contributed by atoms with Crippen LogP contribution in [0.25, 0.3) is 0 Å². The summed E-state index contributed by atoms with van der Waals surface area (Å²) in [6.07, 6.45) is -0.798. The highest BCUT2D eigenvalue weighted by Crippen LogP contribution is 2.39. The molecule has 0 heterocycles. The first-order chi connectivity index (χ1) is 13.8. The Morgan fingerprint density at radius 3 is 2.34 bits per heavy atom. The molecule has 9 heteroatoms. The lowest BCUT2D eigenvalue weighted by Crippen LogP contribution is -2.27. The summed E-state index contributed by atoms with van der Waals surface area (Å²) >= 11 is 0. The first-order valence-electron chi connectivity index (χ1n) is 9.00. The zero-order chi connectivity index (χ0) is 21.3. The molecule has 0 radical (unpaired) electrons. The maximum Gasteiger partial charge on any atom is 0.411 e. The van der Waals surface area contributed by atoms with E-state index in [1.807, 2.05) is 13.8 Å². The van der Waals surface area contributed by atoms with Gasteiger partial charge in [0, 0.05) is 23.4 Å². The molecular formula is C20H19N3O6. The summed E-state index contributed by atoms with van der Waals surface area (Å²) in [6.45, 7) is 5.47. The number of amides is 1. The molecule has 2 aromatic rings.